The number of unbranched alkanes of at least 4 members (excludes halogenated alkanes) is 2. The Morgan fingerprint density at radius 3 is 2.53 bits per heavy atom. The van der Waals surface area contributed by atoms with Crippen molar-refractivity contribution in [1.82, 2.24) is 0 Å². The molecule has 0 radical (unpaired) electrons. The van der Waals surface area contributed by atoms with Gasteiger partial charge in [-0.2, -0.15) is 0 Å². The molecule has 0 aliphatic rings. The Morgan fingerprint density at radius 1 is 1.16 bits per heavy atom. The van der Waals surface area contributed by atoms with E-state index in [0.717, 1.165) is 38.5 Å². The standard InChI is InChI=1S/C16H24O3/c1-2-3-11-15(17)12-7-8-13-19-16(18)14-9-5-4-6-10-14/h4-6,9-10,15,17H,2-3,7-8,11-13H2,1H3/t15-/m0/s1. The molecule has 0 amide bonds. The van der Waals surface area contributed by atoms with E-state index in [0.29, 0.717) is 12.2 Å². The third kappa shape index (κ3) is 6.97. The number of rotatable bonds is 9. The van der Waals surface area contributed by atoms with Crippen molar-refractivity contribution >= 4 is 5.97 Å². The van der Waals surface area contributed by atoms with Gasteiger partial charge >= 0.3 is 5.97 Å². The molecule has 19 heavy (non-hydrogen) atoms. The predicted molar refractivity (Wildman–Crippen MR) is 76.1 cm³/mol. The summed E-state index contributed by atoms with van der Waals surface area (Å²) in [5.41, 5.74) is 0.588. The van der Waals surface area contributed by atoms with Crippen molar-refractivity contribution in [2.24, 2.45) is 0 Å². The number of benzene rings is 1. The van der Waals surface area contributed by atoms with Gasteiger partial charge in [0.05, 0.1) is 18.3 Å². The van der Waals surface area contributed by atoms with Crippen molar-refractivity contribution < 1.29 is 14.6 Å². The molecule has 106 valence electrons. The molecule has 0 aliphatic carbocycles. The Bertz CT molecular complexity index is 348. The van der Waals surface area contributed by atoms with Gasteiger partial charge in [0.2, 0.25) is 0 Å². The molecule has 0 fully saturated rings. The van der Waals surface area contributed by atoms with Crippen molar-refractivity contribution in [3.63, 3.8) is 0 Å². The minimum Gasteiger partial charge on any atom is -0.462 e. The lowest BCUT2D eigenvalue weighted by Crippen LogP contribution is -2.09. The maximum atomic E-state index is 11.6. The fourth-order valence-corrected chi connectivity index (χ4v) is 1.89. The van der Waals surface area contributed by atoms with Crippen LogP contribution in [0.4, 0.5) is 0 Å². The third-order valence-corrected chi connectivity index (χ3v) is 3.07. The molecular formula is C16H24O3. The Kier molecular flexibility index (Phi) is 7.91. The highest BCUT2D eigenvalue weighted by Gasteiger charge is 2.06. The van der Waals surface area contributed by atoms with Crippen LogP contribution in [0.15, 0.2) is 30.3 Å². The highest BCUT2D eigenvalue weighted by atomic mass is 16.5. The predicted octanol–water partition coefficient (Wildman–Crippen LogP) is 3.56. The minimum atomic E-state index is -0.271. The number of hydrogen-bond donors (Lipinski definition) is 1. The molecule has 1 N–H and O–H groups in total. The van der Waals surface area contributed by atoms with Crippen molar-refractivity contribution in [1.29, 1.82) is 0 Å². The Labute approximate surface area is 115 Å². The van der Waals surface area contributed by atoms with Gasteiger partial charge in [-0.1, -0.05) is 38.0 Å². The summed E-state index contributed by atoms with van der Waals surface area (Å²) >= 11 is 0. The van der Waals surface area contributed by atoms with Crippen LogP contribution in [-0.2, 0) is 4.74 Å². The minimum absolute atomic E-state index is 0.204. The van der Waals surface area contributed by atoms with E-state index >= 15 is 0 Å². The van der Waals surface area contributed by atoms with Crippen molar-refractivity contribution in [2.45, 2.75) is 51.6 Å². The normalized spacial score (nSPS) is 12.1. The fraction of sp³-hybridized carbons (Fsp3) is 0.562. The summed E-state index contributed by atoms with van der Waals surface area (Å²) in [7, 11) is 0. The lowest BCUT2D eigenvalue weighted by atomic mass is 10.1. The zero-order chi connectivity index (χ0) is 13.9. The number of aliphatic hydroxyl groups is 1. The van der Waals surface area contributed by atoms with Gasteiger partial charge in [0.25, 0.3) is 0 Å². The molecule has 0 saturated carbocycles. The van der Waals surface area contributed by atoms with Crippen molar-refractivity contribution in [3.8, 4) is 0 Å². The molecule has 0 saturated heterocycles. The molecule has 0 aliphatic heterocycles. The molecule has 1 aromatic carbocycles. The molecule has 1 atom stereocenters. The van der Waals surface area contributed by atoms with Gasteiger partial charge in [-0.25, -0.2) is 4.79 Å². The van der Waals surface area contributed by atoms with Crippen LogP contribution in [0.5, 0.6) is 0 Å². The molecular weight excluding hydrogens is 240 g/mol. The fourth-order valence-electron chi connectivity index (χ4n) is 1.89. The van der Waals surface area contributed by atoms with E-state index in [4.69, 9.17) is 4.74 Å². The first-order valence-electron chi connectivity index (χ1n) is 7.14. The zero-order valence-electron chi connectivity index (χ0n) is 11.7. The summed E-state index contributed by atoms with van der Waals surface area (Å²) in [6.07, 6.45) is 5.36. The van der Waals surface area contributed by atoms with Crippen LogP contribution in [0.3, 0.4) is 0 Å². The second-order valence-corrected chi connectivity index (χ2v) is 4.79. The van der Waals surface area contributed by atoms with Gasteiger partial charge < -0.3 is 9.84 Å². The number of ether oxygens (including phenoxy) is 1. The summed E-state index contributed by atoms with van der Waals surface area (Å²) in [5.74, 6) is -0.271. The van der Waals surface area contributed by atoms with Crippen molar-refractivity contribution in [3.05, 3.63) is 35.9 Å². The largest absolute Gasteiger partial charge is 0.462 e. The number of carbonyl (C=O) groups excluding carboxylic acids is 1. The summed E-state index contributed by atoms with van der Waals surface area (Å²) < 4.78 is 5.17. The lowest BCUT2D eigenvalue weighted by molar-refractivity contribution is 0.0492. The van der Waals surface area contributed by atoms with Gasteiger partial charge in [-0.15, -0.1) is 0 Å². The van der Waals surface area contributed by atoms with Gasteiger partial charge in [0, 0.05) is 0 Å². The Balaban J connectivity index is 2.06. The highest BCUT2D eigenvalue weighted by molar-refractivity contribution is 5.89. The van der Waals surface area contributed by atoms with Gasteiger partial charge in [0.1, 0.15) is 0 Å². The molecule has 0 unspecified atom stereocenters. The number of esters is 1. The second kappa shape index (κ2) is 9.56. The molecule has 3 nitrogen and oxygen atoms in total. The van der Waals surface area contributed by atoms with Gasteiger partial charge in [-0.05, 0) is 37.8 Å². The molecule has 1 rings (SSSR count). The SMILES string of the molecule is CCCC[C@H](O)CCCCOC(=O)c1ccccc1. The number of hydrogen-bond acceptors (Lipinski definition) is 3. The maximum Gasteiger partial charge on any atom is 0.338 e. The third-order valence-electron chi connectivity index (χ3n) is 3.07. The summed E-state index contributed by atoms with van der Waals surface area (Å²) in [6.45, 7) is 2.55. The summed E-state index contributed by atoms with van der Waals surface area (Å²) in [5, 5.41) is 9.66. The number of aliphatic hydroxyl groups excluding tert-OH is 1. The first kappa shape index (κ1) is 15.7. The monoisotopic (exact) mass is 264 g/mol. The van der Waals surface area contributed by atoms with Crippen LogP contribution >= 0.6 is 0 Å². The lowest BCUT2D eigenvalue weighted by Gasteiger charge is -2.09. The smallest absolute Gasteiger partial charge is 0.338 e. The van der Waals surface area contributed by atoms with E-state index in [1.165, 1.54) is 0 Å². The van der Waals surface area contributed by atoms with E-state index in [2.05, 4.69) is 6.92 Å². The average Bonchev–Trinajstić information content (AvgIpc) is 2.45. The molecule has 0 spiro atoms. The highest BCUT2D eigenvalue weighted by Crippen LogP contribution is 2.09. The average molecular weight is 264 g/mol. The van der Waals surface area contributed by atoms with Crippen molar-refractivity contribution in [2.75, 3.05) is 6.61 Å². The Hall–Kier alpha value is -1.35. The Morgan fingerprint density at radius 2 is 1.84 bits per heavy atom. The molecule has 0 aromatic heterocycles. The summed E-state index contributed by atoms with van der Waals surface area (Å²) in [6, 6.07) is 9.00. The first-order valence-corrected chi connectivity index (χ1v) is 7.14. The first-order chi connectivity index (χ1) is 9.24. The second-order valence-electron chi connectivity index (χ2n) is 4.79. The molecule has 0 bridgehead atoms. The van der Waals surface area contributed by atoms with E-state index < -0.39 is 0 Å². The molecule has 3 heteroatoms. The summed E-state index contributed by atoms with van der Waals surface area (Å²) in [4.78, 5) is 11.6. The maximum absolute atomic E-state index is 11.6. The van der Waals surface area contributed by atoms with Crippen LogP contribution in [0.25, 0.3) is 0 Å². The van der Waals surface area contributed by atoms with Crippen LogP contribution in [0.1, 0.15) is 55.8 Å². The van der Waals surface area contributed by atoms with E-state index in [1.54, 1.807) is 12.1 Å². The van der Waals surface area contributed by atoms with Gasteiger partial charge in [-0.3, -0.25) is 0 Å². The zero-order valence-corrected chi connectivity index (χ0v) is 11.7. The number of carbonyl (C=O) groups is 1. The van der Waals surface area contributed by atoms with Crippen LogP contribution < -0.4 is 0 Å². The van der Waals surface area contributed by atoms with Crippen LogP contribution in [0, 0.1) is 0 Å². The molecule has 1 aromatic rings. The quantitative estimate of drug-likeness (QED) is 0.548. The van der Waals surface area contributed by atoms with E-state index in [-0.39, 0.29) is 12.1 Å². The van der Waals surface area contributed by atoms with Crippen LogP contribution in [0.2, 0.25) is 0 Å². The molecule has 0 heterocycles. The van der Waals surface area contributed by atoms with E-state index in [9.17, 15) is 9.90 Å². The van der Waals surface area contributed by atoms with Gasteiger partial charge in [0.15, 0.2) is 0 Å². The topological polar surface area (TPSA) is 46.5 Å². The van der Waals surface area contributed by atoms with Crippen LogP contribution in [-0.4, -0.2) is 23.8 Å². The van der Waals surface area contributed by atoms with E-state index in [1.807, 2.05) is 18.2 Å².